The Labute approximate surface area is 183 Å². The lowest BCUT2D eigenvalue weighted by Gasteiger charge is -2.48. The first-order chi connectivity index (χ1) is 15.2. The van der Waals surface area contributed by atoms with Gasteiger partial charge in [-0.25, -0.2) is 0 Å². The Morgan fingerprint density at radius 1 is 1.10 bits per heavy atom. The van der Waals surface area contributed by atoms with Crippen LogP contribution in [0.2, 0.25) is 0 Å². The number of ketones is 1. The van der Waals surface area contributed by atoms with E-state index in [0.29, 0.717) is 18.1 Å². The summed E-state index contributed by atoms with van der Waals surface area (Å²) >= 11 is 0. The maximum atomic E-state index is 13.4. The molecule has 4 unspecified atom stereocenters. The average molecular weight is 429 g/mol. The molecule has 4 aliphatic rings. The summed E-state index contributed by atoms with van der Waals surface area (Å²) in [4.78, 5) is 18.3. The number of allylic oxidation sites excluding steroid dienone is 1. The highest BCUT2D eigenvalue weighted by Gasteiger charge is 2.49. The zero-order chi connectivity index (χ0) is 21.2. The number of Topliss-reactive ketones (excluding diaryl/α,β-unsaturated/α-hetero) is 1. The summed E-state index contributed by atoms with van der Waals surface area (Å²) in [6, 6.07) is 7.65. The molecular formula is C24H32N2O5. The molecule has 4 atom stereocenters. The lowest BCUT2D eigenvalue weighted by molar-refractivity contribution is -0.170. The van der Waals surface area contributed by atoms with Gasteiger partial charge in [0.1, 0.15) is 11.9 Å². The van der Waals surface area contributed by atoms with Crippen LogP contribution in [0.4, 0.5) is 0 Å². The number of rotatable bonds is 5. The van der Waals surface area contributed by atoms with Gasteiger partial charge in [-0.2, -0.15) is 0 Å². The summed E-state index contributed by atoms with van der Waals surface area (Å²) in [5.74, 6) is 0.975. The van der Waals surface area contributed by atoms with E-state index >= 15 is 0 Å². The Morgan fingerprint density at radius 2 is 1.90 bits per heavy atom. The first-order valence-corrected chi connectivity index (χ1v) is 11.4. The Morgan fingerprint density at radius 3 is 2.74 bits per heavy atom. The third kappa shape index (κ3) is 4.24. The van der Waals surface area contributed by atoms with E-state index in [4.69, 9.17) is 18.9 Å². The molecule has 0 amide bonds. The predicted molar refractivity (Wildman–Crippen MR) is 116 cm³/mol. The molecule has 1 aromatic rings. The van der Waals surface area contributed by atoms with E-state index in [0.717, 1.165) is 64.3 Å². The second-order valence-electron chi connectivity index (χ2n) is 8.91. The van der Waals surface area contributed by atoms with Crippen LogP contribution in [0.1, 0.15) is 18.4 Å². The zero-order valence-corrected chi connectivity index (χ0v) is 18.2. The molecule has 1 saturated carbocycles. The number of nitrogens with zero attached hydrogens (tertiary/aromatic N) is 2. The van der Waals surface area contributed by atoms with E-state index in [-0.39, 0.29) is 29.8 Å². The quantitative estimate of drug-likeness (QED) is 0.711. The molecule has 0 radical (unpaired) electrons. The van der Waals surface area contributed by atoms with Gasteiger partial charge in [0.25, 0.3) is 0 Å². The van der Waals surface area contributed by atoms with Crippen LogP contribution in [-0.2, 0) is 19.0 Å². The van der Waals surface area contributed by atoms with Crippen molar-refractivity contribution in [2.75, 3.05) is 59.8 Å². The maximum absolute atomic E-state index is 13.4. The fraction of sp³-hybridized carbons (Fsp3) is 0.625. The van der Waals surface area contributed by atoms with Gasteiger partial charge in [0.2, 0.25) is 0 Å². The van der Waals surface area contributed by atoms with Crippen molar-refractivity contribution in [3.8, 4) is 5.75 Å². The summed E-state index contributed by atoms with van der Waals surface area (Å²) in [6.45, 7) is 7.22. The molecule has 5 rings (SSSR count). The summed E-state index contributed by atoms with van der Waals surface area (Å²) in [7, 11) is 1.63. The second-order valence-corrected chi connectivity index (χ2v) is 8.91. The molecule has 0 bridgehead atoms. The van der Waals surface area contributed by atoms with Crippen LogP contribution in [-0.4, -0.2) is 87.6 Å². The molecule has 31 heavy (non-hydrogen) atoms. The van der Waals surface area contributed by atoms with Crippen LogP contribution >= 0.6 is 0 Å². The lowest BCUT2D eigenvalue weighted by atomic mass is 9.71. The van der Waals surface area contributed by atoms with Gasteiger partial charge < -0.3 is 18.9 Å². The molecule has 3 heterocycles. The standard InChI is InChI=1S/C24H32N2O5/c1-28-21-5-3-2-4-17(21)20-15-30-24-18(23(20)27)6-7-22-19(24)14-26(16-31-22)9-8-25-10-12-29-13-11-25/h2-5,15,18-19,22,24H,6-14,16H2,1H3. The van der Waals surface area contributed by atoms with Gasteiger partial charge >= 0.3 is 0 Å². The minimum absolute atomic E-state index is 0.115. The molecule has 0 N–H and O–H groups in total. The summed E-state index contributed by atoms with van der Waals surface area (Å²) in [6.07, 6.45) is 3.45. The Bertz CT molecular complexity index is 822. The van der Waals surface area contributed by atoms with Crippen LogP contribution in [0.5, 0.6) is 5.75 Å². The summed E-state index contributed by atoms with van der Waals surface area (Å²) < 4.78 is 23.4. The molecule has 1 aromatic carbocycles. The van der Waals surface area contributed by atoms with Crippen molar-refractivity contribution in [3.63, 3.8) is 0 Å². The van der Waals surface area contributed by atoms with Gasteiger partial charge in [-0.3, -0.25) is 14.6 Å². The van der Waals surface area contributed by atoms with Crippen molar-refractivity contribution < 1.29 is 23.7 Å². The average Bonchev–Trinajstić information content (AvgIpc) is 2.83. The fourth-order valence-corrected chi connectivity index (χ4v) is 5.42. The lowest BCUT2D eigenvalue weighted by Crippen LogP contribution is -2.57. The van der Waals surface area contributed by atoms with Crippen molar-refractivity contribution in [1.29, 1.82) is 0 Å². The van der Waals surface area contributed by atoms with E-state index in [1.54, 1.807) is 13.4 Å². The Hall–Kier alpha value is -1.93. The molecule has 0 spiro atoms. The smallest absolute Gasteiger partial charge is 0.173 e. The van der Waals surface area contributed by atoms with Gasteiger partial charge in [0.05, 0.1) is 50.9 Å². The first-order valence-electron chi connectivity index (χ1n) is 11.4. The molecule has 3 aliphatic heterocycles. The van der Waals surface area contributed by atoms with Crippen LogP contribution in [0.25, 0.3) is 5.57 Å². The normalized spacial score (nSPS) is 31.9. The highest BCUT2D eigenvalue weighted by Crippen LogP contribution is 2.43. The van der Waals surface area contributed by atoms with Gasteiger partial charge in [0.15, 0.2) is 5.78 Å². The first kappa shape index (κ1) is 20.9. The van der Waals surface area contributed by atoms with Crippen molar-refractivity contribution in [1.82, 2.24) is 9.80 Å². The largest absolute Gasteiger partial charge is 0.496 e. The van der Waals surface area contributed by atoms with Crippen molar-refractivity contribution in [2.45, 2.75) is 25.0 Å². The van der Waals surface area contributed by atoms with E-state index in [1.165, 1.54) is 0 Å². The van der Waals surface area contributed by atoms with Gasteiger partial charge in [-0.15, -0.1) is 0 Å². The molecule has 1 aliphatic carbocycles. The molecule has 3 fully saturated rings. The number of morpholine rings is 1. The van der Waals surface area contributed by atoms with Crippen LogP contribution in [0.15, 0.2) is 30.5 Å². The van der Waals surface area contributed by atoms with Gasteiger partial charge in [0, 0.05) is 44.2 Å². The second kappa shape index (κ2) is 9.28. The highest BCUT2D eigenvalue weighted by molar-refractivity contribution is 6.22. The number of hydrogen-bond donors (Lipinski definition) is 0. The number of carbonyl (C=O) groups is 1. The molecule has 0 aromatic heterocycles. The molecule has 7 heteroatoms. The topological polar surface area (TPSA) is 60.5 Å². The van der Waals surface area contributed by atoms with Crippen molar-refractivity contribution in [3.05, 3.63) is 36.1 Å². The third-order valence-corrected chi connectivity index (χ3v) is 7.18. The van der Waals surface area contributed by atoms with E-state index in [9.17, 15) is 4.79 Å². The number of fused-ring (bicyclic) bond motifs is 3. The zero-order valence-electron chi connectivity index (χ0n) is 18.2. The summed E-state index contributed by atoms with van der Waals surface area (Å²) in [5.41, 5.74) is 1.43. The van der Waals surface area contributed by atoms with E-state index in [2.05, 4.69) is 9.80 Å². The Balaban J connectivity index is 1.27. The predicted octanol–water partition coefficient (Wildman–Crippen LogP) is 2.02. The third-order valence-electron chi connectivity index (χ3n) is 7.18. The van der Waals surface area contributed by atoms with Crippen LogP contribution in [0, 0.1) is 11.8 Å². The van der Waals surface area contributed by atoms with Gasteiger partial charge in [-0.1, -0.05) is 18.2 Å². The van der Waals surface area contributed by atoms with Crippen LogP contribution in [0.3, 0.4) is 0 Å². The minimum atomic E-state index is -0.117. The highest BCUT2D eigenvalue weighted by atomic mass is 16.5. The van der Waals surface area contributed by atoms with E-state index < -0.39 is 0 Å². The van der Waals surface area contributed by atoms with Gasteiger partial charge in [-0.05, 0) is 18.9 Å². The molecule has 7 nitrogen and oxygen atoms in total. The number of methoxy groups -OCH3 is 1. The number of carbonyl (C=O) groups excluding carboxylic acids is 1. The Kier molecular flexibility index (Phi) is 6.27. The number of hydrogen-bond acceptors (Lipinski definition) is 7. The van der Waals surface area contributed by atoms with Crippen molar-refractivity contribution in [2.24, 2.45) is 11.8 Å². The maximum Gasteiger partial charge on any atom is 0.173 e. The summed E-state index contributed by atoms with van der Waals surface area (Å²) in [5, 5.41) is 0. The number of ether oxygens (including phenoxy) is 4. The van der Waals surface area contributed by atoms with Crippen LogP contribution < -0.4 is 4.74 Å². The number of para-hydroxylation sites is 1. The van der Waals surface area contributed by atoms with Crippen molar-refractivity contribution >= 4 is 11.4 Å². The molecule has 168 valence electrons. The molecule has 2 saturated heterocycles. The number of benzene rings is 1. The fourth-order valence-electron chi connectivity index (χ4n) is 5.42. The molecular weight excluding hydrogens is 396 g/mol. The minimum Gasteiger partial charge on any atom is -0.496 e. The van der Waals surface area contributed by atoms with E-state index in [1.807, 2.05) is 24.3 Å². The SMILES string of the molecule is COc1ccccc1C1=COC2C(CCC3OCN(CCN4CCOCC4)CC32)C1=O. The monoisotopic (exact) mass is 428 g/mol.